The fourth-order valence-electron chi connectivity index (χ4n) is 2.62. The summed E-state index contributed by atoms with van der Waals surface area (Å²) < 4.78 is 10.5. The SMILES string of the molecule is CCCCCCCCCCCCCCCCC[P+](=O)O. The molecule has 0 aromatic rings. The zero-order valence-corrected chi connectivity index (χ0v) is 14.5. The molecule has 0 saturated heterocycles. The lowest BCUT2D eigenvalue weighted by molar-refractivity contribution is 0.497. The Bertz CT molecular complexity index is 207. The second-order valence-electron chi connectivity index (χ2n) is 6.03. The minimum atomic E-state index is -1.89. The predicted molar refractivity (Wildman–Crippen MR) is 89.6 cm³/mol. The largest absolute Gasteiger partial charge is 0.505 e. The smallest absolute Gasteiger partial charge is 0.161 e. The second kappa shape index (κ2) is 17.1. The minimum Gasteiger partial charge on any atom is -0.161 e. The van der Waals surface area contributed by atoms with Crippen molar-refractivity contribution in [1.29, 1.82) is 0 Å². The summed E-state index contributed by atoms with van der Waals surface area (Å²) >= 11 is 0. The van der Waals surface area contributed by atoms with Crippen molar-refractivity contribution in [3.8, 4) is 0 Å². The molecule has 0 bridgehead atoms. The van der Waals surface area contributed by atoms with E-state index in [1.54, 1.807) is 0 Å². The third kappa shape index (κ3) is 18.1. The van der Waals surface area contributed by atoms with Crippen LogP contribution in [0.1, 0.15) is 103 Å². The van der Waals surface area contributed by atoms with Gasteiger partial charge in [-0.3, -0.25) is 0 Å². The summed E-state index contributed by atoms with van der Waals surface area (Å²) in [6.45, 7) is 2.27. The first kappa shape index (κ1) is 20.1. The third-order valence-electron chi connectivity index (χ3n) is 3.95. The molecule has 20 heavy (non-hydrogen) atoms. The van der Waals surface area contributed by atoms with Crippen LogP contribution in [0.25, 0.3) is 0 Å². The highest BCUT2D eigenvalue weighted by molar-refractivity contribution is 7.37. The van der Waals surface area contributed by atoms with Crippen LogP contribution in [0.15, 0.2) is 0 Å². The highest BCUT2D eigenvalue weighted by Crippen LogP contribution is 2.17. The zero-order valence-electron chi connectivity index (χ0n) is 13.6. The molecule has 0 spiro atoms. The fraction of sp³-hybridized carbons (Fsp3) is 1.00. The molecule has 1 unspecified atom stereocenters. The molecule has 0 aromatic carbocycles. The van der Waals surface area contributed by atoms with Gasteiger partial charge in [0.15, 0.2) is 6.16 Å². The molecular weight excluding hydrogens is 267 g/mol. The van der Waals surface area contributed by atoms with E-state index in [2.05, 4.69) is 6.92 Å². The highest BCUT2D eigenvalue weighted by Gasteiger charge is 2.07. The van der Waals surface area contributed by atoms with Crippen LogP contribution in [-0.4, -0.2) is 11.1 Å². The van der Waals surface area contributed by atoms with E-state index in [9.17, 15) is 4.57 Å². The van der Waals surface area contributed by atoms with E-state index in [0.29, 0.717) is 6.16 Å². The number of hydrogen-bond donors (Lipinski definition) is 1. The number of rotatable bonds is 16. The van der Waals surface area contributed by atoms with Crippen LogP contribution in [0.3, 0.4) is 0 Å². The molecule has 1 N–H and O–H groups in total. The maximum Gasteiger partial charge on any atom is 0.505 e. The number of hydrogen-bond acceptors (Lipinski definition) is 1. The Balaban J connectivity index is 2.94. The van der Waals surface area contributed by atoms with Gasteiger partial charge in [-0.05, 0) is 17.4 Å². The molecule has 0 radical (unpaired) electrons. The first-order chi connectivity index (χ1) is 9.77. The summed E-state index contributed by atoms with van der Waals surface area (Å²) in [4.78, 5) is 8.67. The van der Waals surface area contributed by atoms with Crippen molar-refractivity contribution in [2.24, 2.45) is 0 Å². The summed E-state index contributed by atoms with van der Waals surface area (Å²) in [5.74, 6) is 0. The number of unbranched alkanes of at least 4 members (excludes halogenated alkanes) is 14. The van der Waals surface area contributed by atoms with Crippen LogP contribution in [0.4, 0.5) is 0 Å². The molecule has 0 aliphatic heterocycles. The molecule has 0 aliphatic rings. The highest BCUT2D eigenvalue weighted by atomic mass is 31.1. The molecule has 0 aromatic heterocycles. The van der Waals surface area contributed by atoms with Gasteiger partial charge in [-0.2, -0.15) is 4.89 Å². The molecule has 120 valence electrons. The van der Waals surface area contributed by atoms with Gasteiger partial charge in [0.2, 0.25) is 0 Å². The molecule has 0 amide bonds. The van der Waals surface area contributed by atoms with Gasteiger partial charge in [0.05, 0.1) is 0 Å². The summed E-state index contributed by atoms with van der Waals surface area (Å²) in [5, 5.41) is 0. The Morgan fingerprint density at radius 1 is 0.600 bits per heavy atom. The lowest BCUT2D eigenvalue weighted by Gasteiger charge is -2.02. The minimum absolute atomic E-state index is 0.494. The van der Waals surface area contributed by atoms with Crippen molar-refractivity contribution in [1.82, 2.24) is 0 Å². The van der Waals surface area contributed by atoms with Crippen LogP contribution >= 0.6 is 8.03 Å². The molecule has 0 fully saturated rings. The average molecular weight is 303 g/mol. The van der Waals surface area contributed by atoms with Gasteiger partial charge in [0.1, 0.15) is 0 Å². The van der Waals surface area contributed by atoms with Gasteiger partial charge >= 0.3 is 8.03 Å². The van der Waals surface area contributed by atoms with Crippen molar-refractivity contribution in [3.05, 3.63) is 0 Å². The molecule has 1 atom stereocenters. The Morgan fingerprint density at radius 3 is 1.20 bits per heavy atom. The maximum atomic E-state index is 10.5. The van der Waals surface area contributed by atoms with Crippen molar-refractivity contribution in [3.63, 3.8) is 0 Å². The maximum absolute atomic E-state index is 10.5. The lowest BCUT2D eigenvalue weighted by Crippen LogP contribution is -1.84. The summed E-state index contributed by atoms with van der Waals surface area (Å²) in [5.41, 5.74) is 0. The van der Waals surface area contributed by atoms with Gasteiger partial charge in [-0.15, -0.1) is 0 Å². The van der Waals surface area contributed by atoms with Crippen molar-refractivity contribution in [2.75, 3.05) is 6.16 Å². The van der Waals surface area contributed by atoms with Gasteiger partial charge in [-0.1, -0.05) is 90.4 Å². The monoisotopic (exact) mass is 303 g/mol. The lowest BCUT2D eigenvalue weighted by atomic mass is 10.0. The molecular formula is C17H36O2P+. The third-order valence-corrected chi connectivity index (χ3v) is 4.65. The zero-order chi connectivity index (χ0) is 14.9. The van der Waals surface area contributed by atoms with Crippen molar-refractivity contribution >= 4 is 8.03 Å². The van der Waals surface area contributed by atoms with Gasteiger partial charge < -0.3 is 0 Å². The van der Waals surface area contributed by atoms with E-state index in [-0.39, 0.29) is 0 Å². The first-order valence-corrected chi connectivity index (χ1v) is 10.3. The first-order valence-electron chi connectivity index (χ1n) is 8.91. The molecule has 0 saturated carbocycles. The van der Waals surface area contributed by atoms with Crippen molar-refractivity contribution < 1.29 is 9.46 Å². The second-order valence-corrected chi connectivity index (χ2v) is 7.18. The Kier molecular flexibility index (Phi) is 17.2. The molecule has 0 heterocycles. The summed E-state index contributed by atoms with van der Waals surface area (Å²) in [6, 6.07) is 0. The molecule has 0 rings (SSSR count). The van der Waals surface area contributed by atoms with E-state index in [1.165, 1.54) is 83.5 Å². The van der Waals surface area contributed by atoms with Crippen LogP contribution in [0, 0.1) is 0 Å². The van der Waals surface area contributed by atoms with Crippen LogP contribution in [0.5, 0.6) is 0 Å². The van der Waals surface area contributed by atoms with E-state index >= 15 is 0 Å². The predicted octanol–water partition coefficient (Wildman–Crippen LogP) is 6.59. The normalized spacial score (nSPS) is 11.8. The topological polar surface area (TPSA) is 37.3 Å². The van der Waals surface area contributed by atoms with Crippen LogP contribution in [0.2, 0.25) is 0 Å². The van der Waals surface area contributed by atoms with E-state index in [1.807, 2.05) is 0 Å². The average Bonchev–Trinajstić information content (AvgIpc) is 2.43. The van der Waals surface area contributed by atoms with Crippen molar-refractivity contribution in [2.45, 2.75) is 103 Å². The standard InChI is InChI=1S/C17H35O2P/c1-2-3-4-5-6-7-8-9-10-11-12-13-14-15-16-17-20(18)19/h2-17H2,1H3/p+1. The Morgan fingerprint density at radius 2 is 0.900 bits per heavy atom. The van der Waals surface area contributed by atoms with Crippen LogP contribution in [-0.2, 0) is 4.57 Å². The summed E-state index contributed by atoms with van der Waals surface area (Å²) in [6.07, 6.45) is 20.5. The van der Waals surface area contributed by atoms with Gasteiger partial charge in [0.25, 0.3) is 0 Å². The van der Waals surface area contributed by atoms with Crippen LogP contribution < -0.4 is 0 Å². The Hall–Kier alpha value is 0.0600. The van der Waals surface area contributed by atoms with Gasteiger partial charge in [-0.25, -0.2) is 0 Å². The van der Waals surface area contributed by atoms with Gasteiger partial charge in [0, 0.05) is 0 Å². The van der Waals surface area contributed by atoms with E-state index < -0.39 is 8.03 Å². The molecule has 0 aliphatic carbocycles. The van der Waals surface area contributed by atoms with E-state index in [4.69, 9.17) is 4.89 Å². The Labute approximate surface area is 127 Å². The molecule has 2 nitrogen and oxygen atoms in total. The molecule has 3 heteroatoms. The quantitative estimate of drug-likeness (QED) is 0.258. The summed E-state index contributed by atoms with van der Waals surface area (Å²) in [7, 11) is -1.89. The fourth-order valence-corrected chi connectivity index (χ4v) is 3.11. The van der Waals surface area contributed by atoms with E-state index in [0.717, 1.165) is 12.8 Å².